The van der Waals surface area contributed by atoms with Crippen molar-refractivity contribution in [1.82, 2.24) is 0 Å². The molecule has 2 rings (SSSR count). The van der Waals surface area contributed by atoms with Crippen molar-refractivity contribution in [1.29, 1.82) is 0 Å². The molecule has 0 aliphatic carbocycles. The van der Waals surface area contributed by atoms with Crippen LogP contribution in [0.5, 0.6) is 5.75 Å². The van der Waals surface area contributed by atoms with Gasteiger partial charge in [-0.3, -0.25) is 10.1 Å². The Hall–Kier alpha value is -1.49. The van der Waals surface area contributed by atoms with Crippen LogP contribution in [-0.2, 0) is 6.61 Å². The molecule has 0 spiro atoms. The smallest absolute Gasteiger partial charge is 0.273 e. The summed E-state index contributed by atoms with van der Waals surface area (Å²) in [7, 11) is 0. The zero-order valence-corrected chi connectivity index (χ0v) is 12.2. The van der Waals surface area contributed by atoms with Gasteiger partial charge in [0.05, 0.1) is 16.0 Å². The van der Waals surface area contributed by atoms with Gasteiger partial charge >= 0.3 is 0 Å². The van der Waals surface area contributed by atoms with Crippen molar-refractivity contribution in [3.63, 3.8) is 0 Å². The lowest BCUT2D eigenvalue weighted by Crippen LogP contribution is -1.98. The van der Waals surface area contributed by atoms with Gasteiger partial charge in [0.1, 0.15) is 12.4 Å². The van der Waals surface area contributed by atoms with Gasteiger partial charge in [0, 0.05) is 21.7 Å². The Morgan fingerprint density at radius 3 is 2.30 bits per heavy atom. The summed E-state index contributed by atoms with van der Waals surface area (Å²) < 4.78 is 5.47. The molecule has 0 aromatic heterocycles. The molecule has 0 heterocycles. The van der Waals surface area contributed by atoms with Crippen LogP contribution in [-0.4, -0.2) is 4.92 Å². The standard InChI is InChI=1S/C13H8Cl3NO3/c14-10-2-1-3-11(15)9(10)7-20-13-6-8(17(18)19)4-5-12(13)16/h1-6H,7H2. The maximum atomic E-state index is 10.7. The number of rotatable bonds is 4. The van der Waals surface area contributed by atoms with Crippen LogP contribution in [0.2, 0.25) is 15.1 Å². The van der Waals surface area contributed by atoms with E-state index in [1.807, 2.05) is 0 Å². The SMILES string of the molecule is O=[N+]([O-])c1ccc(Cl)c(OCc2c(Cl)cccc2Cl)c1. The van der Waals surface area contributed by atoms with E-state index in [4.69, 9.17) is 39.5 Å². The van der Waals surface area contributed by atoms with E-state index >= 15 is 0 Å². The lowest BCUT2D eigenvalue weighted by molar-refractivity contribution is -0.384. The fraction of sp³-hybridized carbons (Fsp3) is 0.0769. The van der Waals surface area contributed by atoms with Crippen LogP contribution in [0.25, 0.3) is 0 Å². The fourth-order valence-corrected chi connectivity index (χ4v) is 2.22. The number of nitro groups is 1. The Morgan fingerprint density at radius 1 is 1.05 bits per heavy atom. The number of hydrogen-bond acceptors (Lipinski definition) is 3. The van der Waals surface area contributed by atoms with Crippen LogP contribution in [0, 0.1) is 10.1 Å². The van der Waals surface area contributed by atoms with Crippen LogP contribution in [0.1, 0.15) is 5.56 Å². The maximum absolute atomic E-state index is 10.7. The Balaban J connectivity index is 2.23. The third-order valence-electron chi connectivity index (χ3n) is 2.56. The third kappa shape index (κ3) is 3.33. The number of hydrogen-bond donors (Lipinski definition) is 0. The van der Waals surface area contributed by atoms with Crippen molar-refractivity contribution in [3.8, 4) is 5.75 Å². The molecular formula is C13H8Cl3NO3. The molecule has 0 unspecified atom stereocenters. The molecule has 4 nitrogen and oxygen atoms in total. The van der Waals surface area contributed by atoms with Gasteiger partial charge in [-0.1, -0.05) is 40.9 Å². The van der Waals surface area contributed by atoms with Crippen LogP contribution >= 0.6 is 34.8 Å². The quantitative estimate of drug-likeness (QED) is 0.576. The number of benzene rings is 2. The first kappa shape index (κ1) is 14.9. The Kier molecular flexibility index (Phi) is 4.70. The van der Waals surface area contributed by atoms with Gasteiger partial charge in [0.15, 0.2) is 0 Å². The van der Waals surface area contributed by atoms with Crippen molar-refractivity contribution in [2.24, 2.45) is 0 Å². The fourth-order valence-electron chi connectivity index (χ4n) is 1.54. The van der Waals surface area contributed by atoms with Gasteiger partial charge < -0.3 is 4.74 Å². The molecule has 0 fully saturated rings. The molecule has 7 heteroatoms. The van der Waals surface area contributed by atoms with E-state index in [-0.39, 0.29) is 23.1 Å². The summed E-state index contributed by atoms with van der Waals surface area (Å²) in [5.74, 6) is 0.205. The molecule has 2 aromatic rings. The predicted octanol–water partition coefficient (Wildman–Crippen LogP) is 5.13. The molecule has 104 valence electrons. The highest BCUT2D eigenvalue weighted by Gasteiger charge is 2.12. The highest BCUT2D eigenvalue weighted by atomic mass is 35.5. The Bertz CT molecular complexity index is 641. The minimum atomic E-state index is -0.522. The van der Waals surface area contributed by atoms with Gasteiger partial charge in [0.25, 0.3) is 5.69 Å². The summed E-state index contributed by atoms with van der Waals surface area (Å²) in [5, 5.41) is 11.9. The van der Waals surface area contributed by atoms with Crippen LogP contribution in [0.4, 0.5) is 5.69 Å². The van der Waals surface area contributed by atoms with Crippen molar-refractivity contribution in [3.05, 3.63) is 67.1 Å². The minimum Gasteiger partial charge on any atom is -0.487 e. The summed E-state index contributed by atoms with van der Waals surface area (Å²) in [6, 6.07) is 9.05. The number of nitrogens with zero attached hydrogens (tertiary/aromatic N) is 1. The number of nitro benzene ring substituents is 1. The Morgan fingerprint density at radius 2 is 1.70 bits per heavy atom. The summed E-state index contributed by atoms with van der Waals surface area (Å²) >= 11 is 18.0. The van der Waals surface area contributed by atoms with E-state index in [0.29, 0.717) is 15.6 Å². The van der Waals surface area contributed by atoms with Crippen molar-refractivity contribution >= 4 is 40.5 Å². The van der Waals surface area contributed by atoms with Gasteiger partial charge in [-0.25, -0.2) is 0 Å². The molecular weight excluding hydrogens is 325 g/mol. The van der Waals surface area contributed by atoms with Crippen LogP contribution < -0.4 is 4.74 Å². The zero-order valence-electron chi connectivity index (χ0n) is 9.98. The highest BCUT2D eigenvalue weighted by molar-refractivity contribution is 6.36. The average molecular weight is 333 g/mol. The van der Waals surface area contributed by atoms with Crippen molar-refractivity contribution in [2.45, 2.75) is 6.61 Å². The lowest BCUT2D eigenvalue weighted by Gasteiger charge is -2.10. The first-order valence-corrected chi connectivity index (χ1v) is 6.62. The molecule has 0 N–H and O–H groups in total. The second-order valence-corrected chi connectivity index (χ2v) is 5.08. The lowest BCUT2D eigenvalue weighted by atomic mass is 10.2. The maximum Gasteiger partial charge on any atom is 0.273 e. The molecule has 0 atom stereocenters. The number of ether oxygens (including phenoxy) is 1. The van der Waals surface area contributed by atoms with Gasteiger partial charge in [0.2, 0.25) is 0 Å². The molecule has 0 aliphatic rings. The molecule has 0 bridgehead atoms. The van der Waals surface area contributed by atoms with E-state index in [2.05, 4.69) is 0 Å². The minimum absolute atomic E-state index is 0.0688. The molecule has 0 saturated carbocycles. The van der Waals surface area contributed by atoms with E-state index in [9.17, 15) is 10.1 Å². The normalized spacial score (nSPS) is 10.3. The van der Waals surface area contributed by atoms with E-state index < -0.39 is 4.92 Å². The topological polar surface area (TPSA) is 52.4 Å². The molecule has 0 radical (unpaired) electrons. The molecule has 0 aliphatic heterocycles. The van der Waals surface area contributed by atoms with Gasteiger partial charge in [-0.05, 0) is 18.2 Å². The second-order valence-electron chi connectivity index (χ2n) is 3.86. The Labute approximate surface area is 130 Å². The van der Waals surface area contributed by atoms with E-state index in [0.717, 1.165) is 0 Å². The van der Waals surface area contributed by atoms with Crippen LogP contribution in [0.15, 0.2) is 36.4 Å². The molecule has 0 saturated heterocycles. The monoisotopic (exact) mass is 331 g/mol. The largest absolute Gasteiger partial charge is 0.487 e. The molecule has 20 heavy (non-hydrogen) atoms. The average Bonchev–Trinajstić information content (AvgIpc) is 2.39. The van der Waals surface area contributed by atoms with Crippen molar-refractivity contribution in [2.75, 3.05) is 0 Å². The summed E-state index contributed by atoms with van der Waals surface area (Å²) in [6.07, 6.45) is 0. The van der Waals surface area contributed by atoms with Crippen molar-refractivity contribution < 1.29 is 9.66 Å². The zero-order chi connectivity index (χ0) is 14.7. The first-order chi connectivity index (χ1) is 9.49. The highest BCUT2D eigenvalue weighted by Crippen LogP contribution is 2.31. The number of non-ortho nitro benzene ring substituents is 1. The third-order valence-corrected chi connectivity index (χ3v) is 3.58. The first-order valence-electron chi connectivity index (χ1n) is 5.48. The van der Waals surface area contributed by atoms with Gasteiger partial charge in [-0.15, -0.1) is 0 Å². The van der Waals surface area contributed by atoms with E-state index in [1.165, 1.54) is 18.2 Å². The van der Waals surface area contributed by atoms with Crippen LogP contribution in [0.3, 0.4) is 0 Å². The summed E-state index contributed by atoms with van der Waals surface area (Å²) in [5.41, 5.74) is 0.494. The number of halogens is 3. The predicted molar refractivity (Wildman–Crippen MR) is 78.9 cm³/mol. The second kappa shape index (κ2) is 6.31. The summed E-state index contributed by atoms with van der Waals surface area (Å²) in [4.78, 5) is 10.2. The van der Waals surface area contributed by atoms with E-state index in [1.54, 1.807) is 18.2 Å². The molecule has 0 amide bonds. The van der Waals surface area contributed by atoms with Gasteiger partial charge in [-0.2, -0.15) is 0 Å². The summed E-state index contributed by atoms with van der Waals surface area (Å²) in [6.45, 7) is 0.0688. The molecule has 2 aromatic carbocycles.